The monoisotopic (exact) mass is 551 g/mol. The Balaban J connectivity index is 1.33. The van der Waals surface area contributed by atoms with Crippen molar-refractivity contribution in [3.8, 4) is 11.8 Å². The molecule has 0 saturated carbocycles. The molecule has 0 bridgehead atoms. The molecule has 11 heteroatoms. The van der Waals surface area contributed by atoms with Crippen molar-refractivity contribution in [1.29, 1.82) is 5.26 Å². The molecule has 0 radical (unpaired) electrons. The number of hydrogen-bond acceptors (Lipinski definition) is 8. The third-order valence-corrected chi connectivity index (χ3v) is 6.66. The molecule has 2 aromatic heterocycles. The fourth-order valence-corrected chi connectivity index (χ4v) is 4.35. The number of nitrogens with zero attached hydrogens (tertiary/aromatic N) is 6. The fraction of sp³-hybridized carbons (Fsp3) is 0.300. The molecule has 1 aliphatic rings. The van der Waals surface area contributed by atoms with Crippen molar-refractivity contribution in [3.63, 3.8) is 0 Å². The molecule has 3 heterocycles. The van der Waals surface area contributed by atoms with Crippen molar-refractivity contribution in [2.45, 2.75) is 33.1 Å². The maximum Gasteiger partial charge on any atom is 0.324 e. The maximum atomic E-state index is 13.1. The Morgan fingerprint density at radius 1 is 1.05 bits per heavy atom. The standard InChI is InChI=1S/C30H33N9O2/c1-20-8-9-22(17-24(20)34-28-32-11-10-26(35-28)38-12-14-41-15-13-38)33-29(40)36-27-18-25(30(2,3)4)37-39(27)23-7-5-6-21(16-23)19-31/h5-11,16-18H,12-15H2,1-4H3,(H,32,34,35)(H2,33,36,40). The van der Waals surface area contributed by atoms with Crippen LogP contribution in [0.15, 0.2) is 60.8 Å². The van der Waals surface area contributed by atoms with Crippen LogP contribution >= 0.6 is 0 Å². The molecule has 0 atom stereocenters. The number of amides is 2. The van der Waals surface area contributed by atoms with Gasteiger partial charge in [0.15, 0.2) is 0 Å². The zero-order valence-electron chi connectivity index (χ0n) is 23.6. The van der Waals surface area contributed by atoms with Gasteiger partial charge in [-0.2, -0.15) is 15.3 Å². The van der Waals surface area contributed by atoms with Gasteiger partial charge in [0.2, 0.25) is 5.95 Å². The molecule has 1 aliphatic heterocycles. The predicted octanol–water partition coefficient (Wildman–Crippen LogP) is 5.36. The smallest absolute Gasteiger partial charge is 0.324 e. The zero-order chi connectivity index (χ0) is 29.0. The number of urea groups is 1. The highest BCUT2D eigenvalue weighted by atomic mass is 16.5. The normalized spacial score (nSPS) is 13.4. The summed E-state index contributed by atoms with van der Waals surface area (Å²) in [5, 5.41) is 23.2. The number of benzene rings is 2. The first kappa shape index (κ1) is 27.6. The minimum Gasteiger partial charge on any atom is -0.378 e. The van der Waals surface area contributed by atoms with Crippen LogP contribution in [0.1, 0.15) is 37.6 Å². The van der Waals surface area contributed by atoms with Crippen molar-refractivity contribution in [3.05, 3.63) is 77.6 Å². The Hall–Kier alpha value is -4.95. The topological polar surface area (TPSA) is 133 Å². The lowest BCUT2D eigenvalue weighted by Crippen LogP contribution is -2.36. The minimum absolute atomic E-state index is 0.246. The second-order valence-corrected chi connectivity index (χ2v) is 10.8. The van der Waals surface area contributed by atoms with Crippen molar-refractivity contribution in [2.24, 2.45) is 0 Å². The van der Waals surface area contributed by atoms with E-state index >= 15 is 0 Å². The van der Waals surface area contributed by atoms with Crippen LogP contribution in [0.2, 0.25) is 0 Å². The number of anilines is 5. The third-order valence-electron chi connectivity index (χ3n) is 6.66. The Kier molecular flexibility index (Phi) is 7.85. The van der Waals surface area contributed by atoms with Crippen LogP contribution in [0.3, 0.4) is 0 Å². The van der Waals surface area contributed by atoms with Gasteiger partial charge in [0.1, 0.15) is 11.6 Å². The molecule has 2 amide bonds. The molecule has 11 nitrogen and oxygen atoms in total. The summed E-state index contributed by atoms with van der Waals surface area (Å²) in [5.74, 6) is 1.79. The summed E-state index contributed by atoms with van der Waals surface area (Å²) in [6.07, 6.45) is 1.73. The summed E-state index contributed by atoms with van der Waals surface area (Å²) in [6.45, 7) is 11.0. The lowest BCUT2D eigenvalue weighted by Gasteiger charge is -2.27. The number of nitrogens with one attached hydrogen (secondary N) is 3. The van der Waals surface area contributed by atoms with Crippen LogP contribution in [0.4, 0.5) is 33.8 Å². The largest absolute Gasteiger partial charge is 0.378 e. The molecule has 5 rings (SSSR count). The summed E-state index contributed by atoms with van der Waals surface area (Å²) in [4.78, 5) is 24.4. The van der Waals surface area contributed by atoms with Crippen LogP contribution < -0.4 is 20.9 Å². The van der Waals surface area contributed by atoms with Gasteiger partial charge in [-0.3, -0.25) is 5.32 Å². The van der Waals surface area contributed by atoms with Gasteiger partial charge in [0.05, 0.1) is 36.2 Å². The van der Waals surface area contributed by atoms with Crippen LogP contribution in [0.5, 0.6) is 0 Å². The van der Waals surface area contributed by atoms with E-state index in [0.717, 1.165) is 35.9 Å². The SMILES string of the molecule is Cc1ccc(NC(=O)Nc2cc(C(C)(C)C)nn2-c2cccc(C#N)c2)cc1Nc1nccc(N2CCOCC2)n1. The molecule has 1 saturated heterocycles. The van der Waals surface area contributed by atoms with Crippen molar-refractivity contribution < 1.29 is 9.53 Å². The second-order valence-electron chi connectivity index (χ2n) is 10.8. The second kappa shape index (κ2) is 11.7. The number of aromatic nitrogens is 4. The number of carbonyl (C=O) groups is 1. The number of ether oxygens (including phenoxy) is 1. The average molecular weight is 552 g/mol. The van der Waals surface area contributed by atoms with Crippen LogP contribution in [-0.4, -0.2) is 52.1 Å². The molecule has 41 heavy (non-hydrogen) atoms. The van der Waals surface area contributed by atoms with E-state index in [1.165, 1.54) is 0 Å². The Morgan fingerprint density at radius 2 is 1.85 bits per heavy atom. The summed E-state index contributed by atoms with van der Waals surface area (Å²) in [5.41, 5.74) is 4.08. The molecule has 4 aromatic rings. The molecule has 0 spiro atoms. The fourth-order valence-electron chi connectivity index (χ4n) is 4.35. The highest BCUT2D eigenvalue weighted by Crippen LogP contribution is 2.28. The Bertz CT molecular complexity index is 1590. The number of hydrogen-bond donors (Lipinski definition) is 3. The number of nitriles is 1. The first-order valence-electron chi connectivity index (χ1n) is 13.4. The van der Waals surface area contributed by atoms with Crippen molar-refractivity contribution in [1.82, 2.24) is 19.7 Å². The van der Waals surface area contributed by atoms with Crippen molar-refractivity contribution >= 4 is 35.0 Å². The molecule has 0 unspecified atom stereocenters. The van der Waals surface area contributed by atoms with Gasteiger partial charge in [-0.1, -0.05) is 32.9 Å². The average Bonchev–Trinajstić information content (AvgIpc) is 3.40. The number of morpholine rings is 1. The van der Waals surface area contributed by atoms with E-state index < -0.39 is 6.03 Å². The van der Waals surface area contributed by atoms with E-state index in [0.29, 0.717) is 41.9 Å². The summed E-state index contributed by atoms with van der Waals surface area (Å²) >= 11 is 0. The number of carbonyl (C=O) groups excluding carboxylic acids is 1. The highest BCUT2D eigenvalue weighted by Gasteiger charge is 2.22. The maximum absolute atomic E-state index is 13.1. The van der Waals surface area contributed by atoms with Gasteiger partial charge in [0, 0.05) is 42.1 Å². The van der Waals surface area contributed by atoms with Gasteiger partial charge in [-0.25, -0.2) is 14.5 Å². The summed E-state index contributed by atoms with van der Waals surface area (Å²) in [6, 6.07) is 18.1. The minimum atomic E-state index is -0.427. The number of rotatable bonds is 6. The first-order chi connectivity index (χ1) is 19.7. The molecule has 3 N–H and O–H groups in total. The van der Waals surface area contributed by atoms with Gasteiger partial charge in [-0.15, -0.1) is 0 Å². The van der Waals surface area contributed by atoms with Crippen LogP contribution in [0.25, 0.3) is 5.69 Å². The summed E-state index contributed by atoms with van der Waals surface area (Å²) in [7, 11) is 0. The van der Waals surface area contributed by atoms with Crippen LogP contribution in [-0.2, 0) is 10.2 Å². The molecule has 2 aromatic carbocycles. The van der Waals surface area contributed by atoms with E-state index in [1.54, 1.807) is 29.1 Å². The van der Waals surface area contributed by atoms with Gasteiger partial charge < -0.3 is 20.3 Å². The highest BCUT2D eigenvalue weighted by molar-refractivity contribution is 5.99. The first-order valence-corrected chi connectivity index (χ1v) is 13.4. The molecule has 1 fully saturated rings. The van der Waals surface area contributed by atoms with E-state index in [2.05, 4.69) is 57.7 Å². The van der Waals surface area contributed by atoms with Crippen molar-refractivity contribution in [2.75, 3.05) is 47.2 Å². The molecular formula is C30H33N9O2. The Labute approximate surface area is 239 Å². The lowest BCUT2D eigenvalue weighted by atomic mass is 9.92. The number of aryl methyl sites for hydroxylation is 1. The van der Waals surface area contributed by atoms with Gasteiger partial charge in [-0.05, 0) is 48.9 Å². The van der Waals surface area contributed by atoms with Crippen LogP contribution in [0, 0.1) is 18.3 Å². The van der Waals surface area contributed by atoms with E-state index in [9.17, 15) is 10.1 Å². The van der Waals surface area contributed by atoms with E-state index in [4.69, 9.17) is 9.84 Å². The molecule has 0 aliphatic carbocycles. The zero-order valence-corrected chi connectivity index (χ0v) is 23.6. The third kappa shape index (κ3) is 6.62. The van der Waals surface area contributed by atoms with Gasteiger partial charge in [0.25, 0.3) is 0 Å². The lowest BCUT2D eigenvalue weighted by molar-refractivity contribution is 0.122. The molecule has 210 valence electrons. The molecular weight excluding hydrogens is 518 g/mol. The summed E-state index contributed by atoms with van der Waals surface area (Å²) < 4.78 is 7.08. The Morgan fingerprint density at radius 3 is 2.61 bits per heavy atom. The predicted molar refractivity (Wildman–Crippen MR) is 159 cm³/mol. The van der Waals surface area contributed by atoms with Gasteiger partial charge >= 0.3 is 6.03 Å². The van der Waals surface area contributed by atoms with E-state index in [-0.39, 0.29) is 5.41 Å². The quantitative estimate of drug-likeness (QED) is 0.292. The van der Waals surface area contributed by atoms with E-state index in [1.807, 2.05) is 43.3 Å².